The molecule has 0 aromatic carbocycles. The minimum Gasteiger partial charge on any atom is -0.343 e. The van der Waals surface area contributed by atoms with Crippen molar-refractivity contribution in [2.45, 2.75) is 38.2 Å². The van der Waals surface area contributed by atoms with Crippen molar-refractivity contribution in [2.24, 2.45) is 0 Å². The summed E-state index contributed by atoms with van der Waals surface area (Å²) >= 11 is 5.72. The van der Waals surface area contributed by atoms with Gasteiger partial charge in [-0.05, 0) is 25.9 Å². The Morgan fingerprint density at radius 1 is 0.963 bits per heavy atom. The molecule has 0 aliphatic carbocycles. The molecule has 27 heavy (non-hydrogen) atoms. The molecule has 2 unspecified atom stereocenters. The zero-order valence-electron chi connectivity index (χ0n) is 18.2. The Kier molecular flexibility index (Phi) is 4.18. The van der Waals surface area contributed by atoms with Crippen LogP contribution in [-0.4, -0.2) is 44.3 Å². The first-order valence-electron chi connectivity index (χ1n) is 9.36. The maximum absolute atomic E-state index is 13.4. The Morgan fingerprint density at radius 3 is 2.00 bits per heavy atom. The lowest BCUT2D eigenvalue weighted by Crippen LogP contribution is -2.35. The highest BCUT2D eigenvalue weighted by Crippen LogP contribution is 2.26. The molecule has 0 spiro atoms. The van der Waals surface area contributed by atoms with Crippen LogP contribution in [0.4, 0.5) is 38.2 Å². The molecule has 2 aromatic heterocycles. The van der Waals surface area contributed by atoms with Crippen LogP contribution in [0.15, 0.2) is 18.2 Å². The van der Waals surface area contributed by atoms with Gasteiger partial charge in [-0.3, -0.25) is 0 Å². The summed E-state index contributed by atoms with van der Waals surface area (Å²) < 4.78 is 115. The lowest BCUT2D eigenvalue weighted by atomic mass is 10.3. The number of pyridine rings is 1. The number of anilines is 2. The summed E-state index contributed by atoms with van der Waals surface area (Å²) in [4.78, 5) is 14.2. The number of hydrogen-bond donors (Lipinski definition) is 2. The molecule has 0 aliphatic heterocycles. The van der Waals surface area contributed by atoms with Crippen molar-refractivity contribution >= 4 is 23.5 Å². The van der Waals surface area contributed by atoms with Crippen LogP contribution in [0.25, 0.3) is 11.5 Å². The van der Waals surface area contributed by atoms with E-state index < -0.39 is 49.0 Å². The first kappa shape index (κ1) is 14.7. The average molecular weight is 420 g/mol. The minimum absolute atomic E-state index is 0.125. The van der Waals surface area contributed by atoms with E-state index in [2.05, 4.69) is 19.9 Å². The number of hydrogen-bond acceptors (Lipinski definition) is 6. The molecule has 13 heteroatoms. The van der Waals surface area contributed by atoms with Crippen LogP contribution < -0.4 is 10.6 Å². The van der Waals surface area contributed by atoms with Crippen molar-refractivity contribution in [3.05, 3.63) is 23.4 Å². The molecule has 2 heterocycles. The maximum atomic E-state index is 13.4. The fraction of sp³-hybridized carbons (Fsp3) is 0.429. The van der Waals surface area contributed by atoms with Gasteiger partial charge in [0.1, 0.15) is 22.9 Å². The molecule has 0 amide bonds. The van der Waals surface area contributed by atoms with Crippen LogP contribution in [0, 0.1) is 0 Å². The second-order valence-corrected chi connectivity index (χ2v) is 5.28. The van der Waals surface area contributed by atoms with Crippen LogP contribution >= 0.6 is 11.6 Å². The Bertz CT molecular complexity index is 970. The monoisotopic (exact) mass is 419 g/mol. The molecular formula is C14H13ClF6N6. The molecule has 2 atom stereocenters. The van der Waals surface area contributed by atoms with Gasteiger partial charge in [0.05, 0.1) is 2.74 Å². The van der Waals surface area contributed by atoms with E-state index >= 15 is 0 Å². The third kappa shape index (κ3) is 5.81. The zero-order valence-corrected chi connectivity index (χ0v) is 13.9. The Morgan fingerprint density at radius 2 is 1.52 bits per heavy atom. The predicted octanol–water partition coefficient (Wildman–Crippen LogP) is 4.31. The van der Waals surface area contributed by atoms with E-state index in [-0.39, 0.29) is 10.8 Å². The lowest BCUT2D eigenvalue weighted by Gasteiger charge is -2.20. The summed E-state index contributed by atoms with van der Waals surface area (Å²) in [6.07, 6.45) is -10.8. The van der Waals surface area contributed by atoms with Gasteiger partial charge >= 0.3 is 12.4 Å². The topological polar surface area (TPSA) is 75.6 Å². The maximum Gasteiger partial charge on any atom is 0.408 e. The Balaban J connectivity index is 2.65. The van der Waals surface area contributed by atoms with Gasteiger partial charge in [0, 0.05) is 4.11 Å². The van der Waals surface area contributed by atoms with E-state index in [0.717, 1.165) is 0 Å². The highest BCUT2D eigenvalue weighted by Gasteiger charge is 2.38. The molecule has 2 aromatic rings. The molecule has 0 radical (unpaired) electrons. The second-order valence-electron chi connectivity index (χ2n) is 4.90. The summed E-state index contributed by atoms with van der Waals surface area (Å²) in [5, 5.41) is 2.76. The smallest absolute Gasteiger partial charge is 0.343 e. The molecule has 6 nitrogen and oxygen atoms in total. The second kappa shape index (κ2) is 7.71. The molecule has 0 saturated heterocycles. The van der Waals surface area contributed by atoms with Gasteiger partial charge in [0.25, 0.3) is 0 Å². The van der Waals surface area contributed by atoms with Gasteiger partial charge in [-0.25, -0.2) is 4.98 Å². The van der Waals surface area contributed by atoms with E-state index in [1.54, 1.807) is 5.32 Å². The molecule has 0 fully saturated rings. The standard InChI is InChI=1S/C14H13ClF6N6/c1-6(13(16,17)18)22-11-25-10(8-4-3-5-9(15)24-8)26-12(27-11)23-7(2)14(19,20)21/h3-7H,1-2H3,(H2,22,23,25,26,27)/i1D3,6D,7D. The van der Waals surface area contributed by atoms with Crippen molar-refractivity contribution in [3.63, 3.8) is 0 Å². The fourth-order valence-electron chi connectivity index (χ4n) is 1.56. The van der Waals surface area contributed by atoms with E-state index in [1.807, 2.05) is 0 Å². The van der Waals surface area contributed by atoms with E-state index in [9.17, 15) is 26.3 Å². The van der Waals surface area contributed by atoms with Gasteiger partial charge in [-0.2, -0.15) is 41.3 Å². The van der Waals surface area contributed by atoms with Crippen molar-refractivity contribution in [2.75, 3.05) is 10.6 Å². The molecular weight excluding hydrogens is 402 g/mol. The van der Waals surface area contributed by atoms with Gasteiger partial charge in [0.15, 0.2) is 5.82 Å². The normalized spacial score (nSPS) is 20.1. The third-order valence-electron chi connectivity index (χ3n) is 2.82. The summed E-state index contributed by atoms with van der Waals surface area (Å²) in [5.41, 5.74) is -0.221. The molecule has 0 bridgehead atoms. The molecule has 2 N–H and O–H groups in total. The van der Waals surface area contributed by atoms with Gasteiger partial charge < -0.3 is 10.6 Å². The number of nitrogens with one attached hydrogen (secondary N) is 2. The third-order valence-corrected chi connectivity index (χ3v) is 3.03. The zero-order chi connectivity index (χ0) is 24.8. The molecule has 148 valence electrons. The molecule has 0 aliphatic rings. The largest absolute Gasteiger partial charge is 0.408 e. The van der Waals surface area contributed by atoms with Crippen molar-refractivity contribution in [1.82, 2.24) is 19.9 Å². The van der Waals surface area contributed by atoms with Crippen LogP contribution in [0.2, 0.25) is 5.15 Å². The van der Waals surface area contributed by atoms with Gasteiger partial charge in [0.2, 0.25) is 11.9 Å². The quantitative estimate of drug-likeness (QED) is 0.555. The van der Waals surface area contributed by atoms with Crippen LogP contribution in [0.1, 0.15) is 20.6 Å². The number of rotatable bonds is 5. The summed E-state index contributed by atoms with van der Waals surface area (Å²) in [7, 11) is 0. The summed E-state index contributed by atoms with van der Waals surface area (Å²) in [5.74, 6) is -2.86. The number of alkyl halides is 6. The SMILES string of the molecule is [2H]C([2H])([2H])C([2H])(Nc1nc(NC([2H])(C)C(F)(F)F)nc(-c2cccc(Cl)n2)n1)C(F)(F)F. The predicted molar refractivity (Wildman–Crippen MR) is 86.3 cm³/mol. The first-order valence-corrected chi connectivity index (χ1v) is 7.23. The molecule has 2 rings (SSSR count). The van der Waals surface area contributed by atoms with Crippen molar-refractivity contribution < 1.29 is 33.2 Å². The number of nitrogens with zero attached hydrogens (tertiary/aromatic N) is 4. The van der Waals surface area contributed by atoms with Gasteiger partial charge in [-0.15, -0.1) is 0 Å². The van der Waals surface area contributed by atoms with Crippen LogP contribution in [-0.2, 0) is 0 Å². The fourth-order valence-corrected chi connectivity index (χ4v) is 1.72. The van der Waals surface area contributed by atoms with Crippen LogP contribution in [0.5, 0.6) is 0 Å². The average Bonchev–Trinajstić information content (AvgIpc) is 2.58. The van der Waals surface area contributed by atoms with E-state index in [0.29, 0.717) is 6.92 Å². The summed E-state index contributed by atoms with van der Waals surface area (Å²) in [6, 6.07) is -3.88. The Hall–Kier alpha value is -2.37. The first-order chi connectivity index (χ1) is 14.3. The van der Waals surface area contributed by atoms with Crippen LogP contribution in [0.3, 0.4) is 0 Å². The summed E-state index contributed by atoms with van der Waals surface area (Å²) in [6.45, 7) is -3.61. The van der Waals surface area contributed by atoms with Gasteiger partial charge in [-0.1, -0.05) is 17.7 Å². The lowest BCUT2D eigenvalue weighted by molar-refractivity contribution is -0.139. The van der Waals surface area contributed by atoms with Crippen molar-refractivity contribution in [1.29, 1.82) is 0 Å². The minimum atomic E-state index is -5.68. The highest BCUT2D eigenvalue weighted by atomic mass is 35.5. The Labute approximate surface area is 161 Å². The van der Waals surface area contributed by atoms with E-state index in [4.69, 9.17) is 18.5 Å². The molecule has 0 saturated carbocycles. The van der Waals surface area contributed by atoms with E-state index in [1.165, 1.54) is 23.5 Å². The highest BCUT2D eigenvalue weighted by molar-refractivity contribution is 6.29. The number of halogens is 7. The van der Waals surface area contributed by atoms with Crippen molar-refractivity contribution in [3.8, 4) is 11.5 Å². The number of aromatic nitrogens is 4.